The van der Waals surface area contributed by atoms with Crippen molar-refractivity contribution in [3.05, 3.63) is 70.7 Å². The maximum Gasteiger partial charge on any atom is 0.264 e. The van der Waals surface area contributed by atoms with Gasteiger partial charge >= 0.3 is 0 Å². The van der Waals surface area contributed by atoms with Crippen LogP contribution in [0.4, 0.5) is 10.1 Å². The van der Waals surface area contributed by atoms with Gasteiger partial charge in [-0.3, -0.25) is 9.10 Å². The molecule has 0 bridgehead atoms. The minimum Gasteiger partial charge on any atom is -0.486 e. The van der Waals surface area contributed by atoms with Crippen LogP contribution in [-0.2, 0) is 14.8 Å². The van der Waals surface area contributed by atoms with E-state index in [2.05, 4.69) is 10.5 Å². The predicted octanol–water partition coefficient (Wildman–Crippen LogP) is 3.39. The van der Waals surface area contributed by atoms with Gasteiger partial charge in [0.05, 0.1) is 16.3 Å². The predicted molar refractivity (Wildman–Crippen MR) is 123 cm³/mol. The Morgan fingerprint density at radius 1 is 1.12 bits per heavy atom. The van der Waals surface area contributed by atoms with Gasteiger partial charge < -0.3 is 9.47 Å². The summed E-state index contributed by atoms with van der Waals surface area (Å²) in [7, 11) is -4.21. The van der Waals surface area contributed by atoms with Crippen LogP contribution in [0.1, 0.15) is 11.8 Å². The number of nitrogens with zero attached hydrogens (tertiary/aromatic N) is 2. The molecule has 0 saturated heterocycles. The summed E-state index contributed by atoms with van der Waals surface area (Å²) in [5.74, 6) is -0.459. The van der Waals surface area contributed by atoms with Crippen LogP contribution < -0.4 is 19.2 Å². The van der Waals surface area contributed by atoms with Crippen LogP contribution in [0.25, 0.3) is 0 Å². The number of carbonyl (C=O) groups is 1. The van der Waals surface area contributed by atoms with E-state index >= 15 is 0 Å². The van der Waals surface area contributed by atoms with Gasteiger partial charge in [0.15, 0.2) is 11.5 Å². The van der Waals surface area contributed by atoms with Crippen molar-refractivity contribution in [3.8, 4) is 11.5 Å². The number of hydrazone groups is 1. The van der Waals surface area contributed by atoms with Gasteiger partial charge in [-0.25, -0.2) is 18.2 Å². The molecule has 33 heavy (non-hydrogen) atoms. The van der Waals surface area contributed by atoms with E-state index in [4.69, 9.17) is 9.47 Å². The van der Waals surface area contributed by atoms with Crippen molar-refractivity contribution >= 4 is 38.7 Å². The molecule has 1 aliphatic heterocycles. The largest absolute Gasteiger partial charge is 0.486 e. The van der Waals surface area contributed by atoms with E-state index in [-0.39, 0.29) is 10.6 Å². The Labute approximate surface area is 194 Å². The van der Waals surface area contributed by atoms with Crippen molar-refractivity contribution < 1.29 is 27.1 Å². The molecule has 1 aliphatic rings. The first-order valence-corrected chi connectivity index (χ1v) is 12.2. The number of ether oxygens (including phenoxy) is 2. The van der Waals surface area contributed by atoms with Gasteiger partial charge in [-0.1, -0.05) is 6.07 Å². The standard InChI is InChI=1S/C22H20FN3O5S2/c1-15(21-3-2-12-32-21)24-25-22(27)14-26(17-6-4-16(23)5-7-17)33(28,29)18-8-9-19-20(13-18)31-11-10-30-19/h2-9,12-13H,10-11,14H2,1H3,(H,25,27)/b24-15-. The van der Waals surface area contributed by atoms with Crippen molar-refractivity contribution in [2.45, 2.75) is 11.8 Å². The first kappa shape index (κ1) is 22.7. The van der Waals surface area contributed by atoms with Gasteiger partial charge in [-0.05, 0) is 54.8 Å². The van der Waals surface area contributed by atoms with Gasteiger partial charge in [-0.15, -0.1) is 11.3 Å². The summed E-state index contributed by atoms with van der Waals surface area (Å²) in [5, 5.41) is 5.93. The number of carbonyl (C=O) groups excluding carboxylic acids is 1. The summed E-state index contributed by atoms with van der Waals surface area (Å²) in [4.78, 5) is 13.4. The fourth-order valence-electron chi connectivity index (χ4n) is 3.09. The molecule has 0 aliphatic carbocycles. The highest BCUT2D eigenvalue weighted by Crippen LogP contribution is 2.34. The zero-order valence-electron chi connectivity index (χ0n) is 17.5. The fraction of sp³-hybridized carbons (Fsp3) is 0.182. The molecule has 4 rings (SSSR count). The van der Waals surface area contributed by atoms with Crippen LogP contribution in [0.2, 0.25) is 0 Å². The lowest BCUT2D eigenvalue weighted by atomic mass is 10.3. The molecule has 172 valence electrons. The van der Waals surface area contributed by atoms with Crippen LogP contribution in [0.5, 0.6) is 11.5 Å². The maximum absolute atomic E-state index is 13.5. The third-order valence-electron chi connectivity index (χ3n) is 4.73. The number of halogens is 1. The topological polar surface area (TPSA) is 97.3 Å². The summed E-state index contributed by atoms with van der Waals surface area (Å²) in [6.07, 6.45) is 0. The third kappa shape index (κ3) is 5.15. The number of anilines is 1. The summed E-state index contributed by atoms with van der Waals surface area (Å²) < 4.78 is 52.3. The van der Waals surface area contributed by atoms with E-state index in [0.29, 0.717) is 30.4 Å². The van der Waals surface area contributed by atoms with Crippen molar-refractivity contribution in [2.24, 2.45) is 5.10 Å². The van der Waals surface area contributed by atoms with Gasteiger partial charge in [0, 0.05) is 10.9 Å². The van der Waals surface area contributed by atoms with Gasteiger partial charge in [0.25, 0.3) is 15.9 Å². The number of nitrogens with one attached hydrogen (secondary N) is 1. The van der Waals surface area contributed by atoms with E-state index in [1.165, 1.54) is 41.7 Å². The molecular weight excluding hydrogens is 469 g/mol. The highest BCUT2D eigenvalue weighted by atomic mass is 32.2. The maximum atomic E-state index is 13.5. The van der Waals surface area contributed by atoms with Crippen LogP contribution in [-0.4, -0.2) is 39.8 Å². The number of amides is 1. The monoisotopic (exact) mass is 489 g/mol. The Hall–Kier alpha value is -3.44. The van der Waals surface area contributed by atoms with Crippen LogP contribution in [0.15, 0.2) is 70.0 Å². The molecule has 2 heterocycles. The van der Waals surface area contributed by atoms with Gasteiger partial charge in [-0.2, -0.15) is 5.10 Å². The van der Waals surface area contributed by atoms with E-state index in [1.807, 2.05) is 17.5 Å². The van der Waals surface area contributed by atoms with Gasteiger partial charge in [0.2, 0.25) is 0 Å². The average Bonchev–Trinajstić information content (AvgIpc) is 3.36. The number of rotatable bonds is 7. The third-order valence-corrected chi connectivity index (χ3v) is 7.48. The van der Waals surface area contributed by atoms with E-state index in [0.717, 1.165) is 21.3 Å². The zero-order valence-corrected chi connectivity index (χ0v) is 19.2. The average molecular weight is 490 g/mol. The van der Waals surface area contributed by atoms with Crippen molar-refractivity contribution in [1.29, 1.82) is 0 Å². The lowest BCUT2D eigenvalue weighted by Gasteiger charge is -2.25. The van der Waals surface area contributed by atoms with Crippen LogP contribution >= 0.6 is 11.3 Å². The Morgan fingerprint density at radius 3 is 2.55 bits per heavy atom. The lowest BCUT2D eigenvalue weighted by Crippen LogP contribution is -2.39. The molecule has 8 nitrogen and oxygen atoms in total. The van der Waals surface area contributed by atoms with Crippen molar-refractivity contribution in [3.63, 3.8) is 0 Å². The molecular formula is C22H20FN3O5S2. The molecule has 0 radical (unpaired) electrons. The number of hydrogen-bond acceptors (Lipinski definition) is 7. The number of sulfonamides is 1. The fourth-order valence-corrected chi connectivity index (χ4v) is 5.20. The second-order valence-electron chi connectivity index (χ2n) is 7.00. The van der Waals surface area contributed by atoms with E-state index in [9.17, 15) is 17.6 Å². The number of benzene rings is 2. The normalized spacial score (nSPS) is 13.5. The molecule has 0 spiro atoms. The molecule has 3 aromatic rings. The van der Waals surface area contributed by atoms with Crippen LogP contribution in [0.3, 0.4) is 0 Å². The highest BCUT2D eigenvalue weighted by Gasteiger charge is 2.29. The Bertz CT molecular complexity index is 1280. The van der Waals surface area contributed by atoms with Crippen molar-refractivity contribution in [1.82, 2.24) is 5.43 Å². The first-order chi connectivity index (χ1) is 15.8. The molecule has 11 heteroatoms. The molecule has 0 saturated carbocycles. The van der Waals surface area contributed by atoms with E-state index in [1.54, 1.807) is 6.92 Å². The number of fused-ring (bicyclic) bond motifs is 1. The molecule has 1 N–H and O–H groups in total. The minimum absolute atomic E-state index is 0.0952. The summed E-state index contributed by atoms with van der Waals surface area (Å²) in [6.45, 7) is 1.83. The Balaban J connectivity index is 1.62. The summed E-state index contributed by atoms with van der Waals surface area (Å²) in [6, 6.07) is 12.8. The molecule has 0 unspecified atom stereocenters. The Kier molecular flexibility index (Phi) is 6.61. The highest BCUT2D eigenvalue weighted by molar-refractivity contribution is 7.92. The SMILES string of the molecule is C/C(=N/NC(=O)CN(c1ccc(F)cc1)S(=O)(=O)c1ccc2c(c1)OCCO2)c1cccs1. The number of hydrogen-bond donors (Lipinski definition) is 1. The molecule has 2 aromatic carbocycles. The molecule has 0 fully saturated rings. The zero-order chi connectivity index (χ0) is 23.4. The summed E-state index contributed by atoms with van der Waals surface area (Å²) >= 11 is 1.46. The quantitative estimate of drug-likeness (QED) is 0.405. The van der Waals surface area contributed by atoms with Crippen LogP contribution in [0, 0.1) is 5.82 Å². The second kappa shape index (κ2) is 9.59. The minimum atomic E-state index is -4.21. The summed E-state index contributed by atoms with van der Waals surface area (Å²) in [5.41, 5.74) is 3.10. The first-order valence-electron chi connectivity index (χ1n) is 9.89. The lowest BCUT2D eigenvalue weighted by molar-refractivity contribution is -0.119. The molecule has 1 aromatic heterocycles. The smallest absolute Gasteiger partial charge is 0.264 e. The second-order valence-corrected chi connectivity index (χ2v) is 9.81. The van der Waals surface area contributed by atoms with Gasteiger partial charge in [0.1, 0.15) is 25.6 Å². The number of thiophene rings is 1. The molecule has 1 amide bonds. The van der Waals surface area contributed by atoms with Crippen molar-refractivity contribution in [2.75, 3.05) is 24.1 Å². The Morgan fingerprint density at radius 2 is 1.85 bits per heavy atom. The van der Waals surface area contributed by atoms with E-state index < -0.39 is 28.3 Å². The molecule has 0 atom stereocenters.